The highest BCUT2D eigenvalue weighted by Crippen LogP contribution is 2.40. The summed E-state index contributed by atoms with van der Waals surface area (Å²) in [6.45, 7) is 15.4. The number of carbonyl (C=O) groups is 1. The Labute approximate surface area is 220 Å². The standard InChI is InChI=1S/C31H40O4S/c1-9-10-11-12-22-13-16-25(26(17-22)33-8)28-18-23-14-15-24(19-27(23)36-28)34-30(4,5)20-31(6,7)35-29(32)21(2)3/h13-19H,2,9-12,20H2,1,3-8H3. The second-order valence-electron chi connectivity index (χ2n) is 10.8. The topological polar surface area (TPSA) is 44.8 Å². The van der Waals surface area contributed by atoms with Gasteiger partial charge in [-0.25, -0.2) is 4.79 Å². The van der Waals surface area contributed by atoms with Gasteiger partial charge < -0.3 is 14.2 Å². The van der Waals surface area contributed by atoms with E-state index in [1.54, 1.807) is 25.4 Å². The lowest BCUT2D eigenvalue weighted by Gasteiger charge is -2.35. The van der Waals surface area contributed by atoms with E-state index in [4.69, 9.17) is 14.2 Å². The number of rotatable bonds is 12. The van der Waals surface area contributed by atoms with E-state index in [2.05, 4.69) is 49.9 Å². The van der Waals surface area contributed by atoms with Crippen molar-refractivity contribution in [2.75, 3.05) is 7.11 Å². The van der Waals surface area contributed by atoms with Gasteiger partial charge in [0, 0.05) is 27.1 Å². The molecule has 0 aliphatic heterocycles. The molecule has 1 aromatic heterocycles. The van der Waals surface area contributed by atoms with E-state index in [1.807, 2.05) is 33.8 Å². The first-order chi connectivity index (χ1) is 16.9. The van der Waals surface area contributed by atoms with E-state index in [0.717, 1.165) is 28.2 Å². The van der Waals surface area contributed by atoms with Gasteiger partial charge in [0.05, 0.1) is 7.11 Å². The largest absolute Gasteiger partial charge is 0.496 e. The third-order valence-corrected chi connectivity index (χ3v) is 7.19. The molecular weight excluding hydrogens is 468 g/mol. The normalized spacial score (nSPS) is 12.0. The average molecular weight is 509 g/mol. The van der Waals surface area contributed by atoms with Crippen molar-refractivity contribution in [2.24, 2.45) is 0 Å². The molecule has 36 heavy (non-hydrogen) atoms. The Balaban J connectivity index is 1.78. The Morgan fingerprint density at radius 2 is 1.75 bits per heavy atom. The summed E-state index contributed by atoms with van der Waals surface area (Å²) in [5.41, 5.74) is 1.60. The van der Waals surface area contributed by atoms with Crippen molar-refractivity contribution in [1.82, 2.24) is 0 Å². The van der Waals surface area contributed by atoms with Gasteiger partial charge in [-0.1, -0.05) is 32.4 Å². The molecule has 4 nitrogen and oxygen atoms in total. The highest BCUT2D eigenvalue weighted by Gasteiger charge is 2.33. The minimum atomic E-state index is -0.682. The maximum absolute atomic E-state index is 12.0. The first kappa shape index (κ1) is 27.8. The van der Waals surface area contributed by atoms with E-state index in [-0.39, 0.29) is 5.97 Å². The van der Waals surface area contributed by atoms with Gasteiger partial charge in [0.2, 0.25) is 0 Å². The number of carbonyl (C=O) groups excluding carboxylic acids is 1. The number of thiophene rings is 1. The maximum Gasteiger partial charge on any atom is 0.333 e. The fraction of sp³-hybridized carbons (Fsp3) is 0.452. The number of esters is 1. The van der Waals surface area contributed by atoms with Gasteiger partial charge in [0.1, 0.15) is 22.7 Å². The van der Waals surface area contributed by atoms with Crippen LogP contribution in [-0.4, -0.2) is 24.3 Å². The summed E-state index contributed by atoms with van der Waals surface area (Å²) in [6, 6.07) is 15.0. The van der Waals surface area contributed by atoms with Crippen molar-refractivity contribution in [3.05, 3.63) is 60.2 Å². The summed E-state index contributed by atoms with van der Waals surface area (Å²) in [5.74, 6) is 1.33. The summed E-state index contributed by atoms with van der Waals surface area (Å²) < 4.78 is 18.9. The fourth-order valence-corrected chi connectivity index (χ4v) is 5.76. The van der Waals surface area contributed by atoms with Crippen LogP contribution in [0, 0.1) is 0 Å². The van der Waals surface area contributed by atoms with Gasteiger partial charge in [-0.2, -0.15) is 0 Å². The van der Waals surface area contributed by atoms with Crippen LogP contribution in [0.1, 0.15) is 72.8 Å². The molecular formula is C31H40O4S. The molecule has 0 saturated heterocycles. The lowest BCUT2D eigenvalue weighted by molar-refractivity contribution is -0.155. The van der Waals surface area contributed by atoms with Crippen LogP contribution >= 0.6 is 11.3 Å². The number of hydrogen-bond donors (Lipinski definition) is 0. The van der Waals surface area contributed by atoms with E-state index in [0.29, 0.717) is 12.0 Å². The van der Waals surface area contributed by atoms with Gasteiger partial charge in [-0.05, 0) is 94.8 Å². The van der Waals surface area contributed by atoms with Crippen LogP contribution in [0.25, 0.3) is 20.5 Å². The molecule has 5 heteroatoms. The van der Waals surface area contributed by atoms with Gasteiger partial charge in [-0.3, -0.25) is 0 Å². The zero-order valence-corrected chi connectivity index (χ0v) is 23.6. The molecule has 1 heterocycles. The monoisotopic (exact) mass is 508 g/mol. The van der Waals surface area contributed by atoms with E-state index in [9.17, 15) is 4.79 Å². The Hall–Kier alpha value is -2.79. The van der Waals surface area contributed by atoms with Crippen molar-refractivity contribution in [3.8, 4) is 21.9 Å². The molecule has 0 amide bonds. The second-order valence-corrected chi connectivity index (χ2v) is 11.9. The molecule has 0 spiro atoms. The van der Waals surface area contributed by atoms with Gasteiger partial charge >= 0.3 is 5.97 Å². The number of ether oxygens (including phenoxy) is 3. The number of methoxy groups -OCH3 is 1. The zero-order valence-electron chi connectivity index (χ0n) is 22.8. The number of unbranched alkanes of at least 4 members (excludes halogenated alkanes) is 2. The molecule has 0 saturated carbocycles. The lowest BCUT2D eigenvalue weighted by atomic mass is 9.92. The number of hydrogen-bond acceptors (Lipinski definition) is 5. The molecule has 0 aliphatic carbocycles. The maximum atomic E-state index is 12.0. The minimum absolute atomic E-state index is 0.382. The Morgan fingerprint density at radius 3 is 2.42 bits per heavy atom. The molecule has 0 bridgehead atoms. The van der Waals surface area contributed by atoms with E-state index < -0.39 is 11.2 Å². The average Bonchev–Trinajstić information content (AvgIpc) is 3.20. The molecule has 0 fully saturated rings. The first-order valence-corrected chi connectivity index (χ1v) is 13.5. The van der Waals surface area contributed by atoms with Crippen LogP contribution in [-0.2, 0) is 16.0 Å². The molecule has 0 radical (unpaired) electrons. The molecule has 0 N–H and O–H groups in total. The van der Waals surface area contributed by atoms with Crippen molar-refractivity contribution >= 4 is 27.4 Å². The lowest BCUT2D eigenvalue weighted by Crippen LogP contribution is -2.40. The van der Waals surface area contributed by atoms with Crippen LogP contribution in [0.15, 0.2) is 54.6 Å². The number of benzene rings is 2. The van der Waals surface area contributed by atoms with Crippen LogP contribution in [0.5, 0.6) is 11.5 Å². The second kappa shape index (κ2) is 11.5. The molecule has 0 aliphatic rings. The molecule has 0 atom stereocenters. The quantitative estimate of drug-likeness (QED) is 0.139. The van der Waals surface area contributed by atoms with Crippen LogP contribution in [0.4, 0.5) is 0 Å². The van der Waals surface area contributed by atoms with Gasteiger partial charge in [0.25, 0.3) is 0 Å². The van der Waals surface area contributed by atoms with Gasteiger partial charge in [-0.15, -0.1) is 11.3 Å². The van der Waals surface area contributed by atoms with Crippen molar-refractivity contribution in [1.29, 1.82) is 0 Å². The number of aryl methyl sites for hydroxylation is 1. The predicted molar refractivity (Wildman–Crippen MR) is 151 cm³/mol. The third kappa shape index (κ3) is 7.36. The van der Waals surface area contributed by atoms with E-state index >= 15 is 0 Å². The van der Waals surface area contributed by atoms with E-state index in [1.165, 1.54) is 35.1 Å². The summed E-state index contributed by atoms with van der Waals surface area (Å²) in [7, 11) is 1.74. The molecule has 194 valence electrons. The summed E-state index contributed by atoms with van der Waals surface area (Å²) >= 11 is 1.73. The summed E-state index contributed by atoms with van der Waals surface area (Å²) in [6.07, 6.45) is 5.29. The SMILES string of the molecule is C=C(C)C(=O)OC(C)(C)CC(C)(C)Oc1ccc2cc(-c3ccc(CCCCC)cc3OC)sc2c1. The zero-order chi connectivity index (χ0) is 26.5. The first-order valence-electron chi connectivity index (χ1n) is 12.7. The van der Waals surface area contributed by atoms with Crippen LogP contribution < -0.4 is 9.47 Å². The van der Waals surface area contributed by atoms with Crippen molar-refractivity contribution < 1.29 is 19.0 Å². The van der Waals surface area contributed by atoms with Crippen LogP contribution in [0.3, 0.4) is 0 Å². The minimum Gasteiger partial charge on any atom is -0.496 e. The van der Waals surface area contributed by atoms with Crippen LogP contribution in [0.2, 0.25) is 0 Å². The third-order valence-electron chi connectivity index (χ3n) is 6.05. The highest BCUT2D eigenvalue weighted by atomic mass is 32.1. The van der Waals surface area contributed by atoms with Crippen molar-refractivity contribution in [2.45, 2.75) is 84.8 Å². The number of fused-ring (bicyclic) bond motifs is 1. The molecule has 3 aromatic rings. The Kier molecular flexibility index (Phi) is 8.89. The highest BCUT2D eigenvalue weighted by molar-refractivity contribution is 7.22. The summed E-state index contributed by atoms with van der Waals surface area (Å²) in [5, 5.41) is 1.17. The summed E-state index contributed by atoms with van der Waals surface area (Å²) in [4.78, 5) is 13.2. The Morgan fingerprint density at radius 1 is 1.00 bits per heavy atom. The Bertz CT molecular complexity index is 1220. The van der Waals surface area contributed by atoms with Crippen molar-refractivity contribution in [3.63, 3.8) is 0 Å². The fourth-order valence-electron chi connectivity index (χ4n) is 4.64. The van der Waals surface area contributed by atoms with Gasteiger partial charge in [0.15, 0.2) is 0 Å². The molecule has 2 aromatic carbocycles. The molecule has 3 rings (SSSR count). The smallest absolute Gasteiger partial charge is 0.333 e. The molecule has 0 unspecified atom stereocenters. The predicted octanol–water partition coefficient (Wildman–Crippen LogP) is 8.76.